The molecule has 0 aliphatic heterocycles. The van der Waals surface area contributed by atoms with E-state index in [0.29, 0.717) is 27.7 Å². The minimum atomic E-state index is -4.13. The fourth-order valence-corrected chi connectivity index (χ4v) is 5.95. The molecule has 0 unspecified atom stereocenters. The average molecular weight is 577 g/mol. The van der Waals surface area contributed by atoms with Crippen LogP contribution in [0.15, 0.2) is 71.6 Å². The minimum Gasteiger partial charge on any atom is -0.357 e. The molecule has 7 nitrogen and oxygen atoms in total. The molecule has 0 bridgehead atoms. The van der Waals surface area contributed by atoms with E-state index >= 15 is 0 Å². The number of amides is 2. The lowest BCUT2D eigenvalue weighted by molar-refractivity contribution is -0.140. The van der Waals surface area contributed by atoms with Crippen LogP contribution in [0.4, 0.5) is 5.69 Å². The van der Waals surface area contributed by atoms with Gasteiger partial charge in [-0.25, -0.2) is 8.42 Å². The van der Waals surface area contributed by atoms with Gasteiger partial charge in [0.25, 0.3) is 10.0 Å². The zero-order chi connectivity index (χ0) is 28.0. The van der Waals surface area contributed by atoms with Crippen molar-refractivity contribution in [2.45, 2.75) is 44.7 Å². The lowest BCUT2D eigenvalue weighted by Gasteiger charge is -2.33. The van der Waals surface area contributed by atoms with Gasteiger partial charge >= 0.3 is 0 Å². The highest BCUT2D eigenvalue weighted by Crippen LogP contribution is 2.29. The molecule has 0 spiro atoms. The summed E-state index contributed by atoms with van der Waals surface area (Å²) in [5.41, 5.74) is 2.64. The number of anilines is 1. The predicted molar refractivity (Wildman–Crippen MR) is 152 cm³/mol. The van der Waals surface area contributed by atoms with Crippen molar-refractivity contribution in [1.82, 2.24) is 10.2 Å². The van der Waals surface area contributed by atoms with E-state index in [2.05, 4.69) is 5.32 Å². The van der Waals surface area contributed by atoms with Crippen LogP contribution in [0.5, 0.6) is 0 Å². The van der Waals surface area contributed by atoms with Gasteiger partial charge in [0.1, 0.15) is 12.6 Å². The highest BCUT2D eigenvalue weighted by atomic mass is 35.5. The van der Waals surface area contributed by atoms with Crippen LogP contribution in [0.2, 0.25) is 10.0 Å². The molecule has 10 heteroatoms. The van der Waals surface area contributed by atoms with Crippen LogP contribution in [0.25, 0.3) is 0 Å². The van der Waals surface area contributed by atoms with Crippen LogP contribution in [0.1, 0.15) is 30.0 Å². The molecule has 0 fully saturated rings. The summed E-state index contributed by atoms with van der Waals surface area (Å²) >= 11 is 12.8. The van der Waals surface area contributed by atoms with Crippen molar-refractivity contribution in [3.05, 3.63) is 93.5 Å². The second kappa shape index (κ2) is 12.7. The quantitative estimate of drug-likeness (QED) is 0.352. The number of nitrogens with zero attached hydrogens (tertiary/aromatic N) is 2. The van der Waals surface area contributed by atoms with Crippen LogP contribution in [0.3, 0.4) is 0 Å². The summed E-state index contributed by atoms with van der Waals surface area (Å²) in [6.07, 6.45) is 0.294. The van der Waals surface area contributed by atoms with Gasteiger partial charge in [-0.3, -0.25) is 13.9 Å². The normalized spacial score (nSPS) is 12.1. The fourth-order valence-electron chi connectivity index (χ4n) is 4.02. The van der Waals surface area contributed by atoms with Gasteiger partial charge in [0, 0.05) is 29.2 Å². The van der Waals surface area contributed by atoms with Crippen LogP contribution < -0.4 is 9.62 Å². The Kier molecular flexibility index (Phi) is 9.82. The highest BCUT2D eigenvalue weighted by Gasteiger charge is 2.34. The number of halogens is 2. The maximum Gasteiger partial charge on any atom is 0.264 e. The van der Waals surface area contributed by atoms with Gasteiger partial charge in [-0.15, -0.1) is 0 Å². The molecule has 202 valence electrons. The summed E-state index contributed by atoms with van der Waals surface area (Å²) < 4.78 is 28.7. The zero-order valence-corrected chi connectivity index (χ0v) is 24.1. The summed E-state index contributed by atoms with van der Waals surface area (Å²) in [6.45, 7) is 4.91. The molecule has 1 atom stereocenters. The number of benzene rings is 3. The molecule has 0 saturated heterocycles. The summed E-state index contributed by atoms with van der Waals surface area (Å²) in [7, 11) is -2.64. The molecule has 0 heterocycles. The molecule has 0 aliphatic carbocycles. The predicted octanol–water partition coefficient (Wildman–Crippen LogP) is 5.36. The molecule has 38 heavy (non-hydrogen) atoms. The van der Waals surface area contributed by atoms with Crippen LogP contribution in [-0.2, 0) is 26.2 Å². The Balaban J connectivity index is 2.09. The third kappa shape index (κ3) is 6.67. The van der Waals surface area contributed by atoms with Crippen molar-refractivity contribution >= 4 is 50.7 Å². The van der Waals surface area contributed by atoms with E-state index in [0.717, 1.165) is 15.4 Å². The van der Waals surface area contributed by atoms with Crippen LogP contribution in [0, 0.1) is 13.8 Å². The zero-order valence-electron chi connectivity index (χ0n) is 21.7. The second-order valence-corrected chi connectivity index (χ2v) is 11.6. The highest BCUT2D eigenvalue weighted by molar-refractivity contribution is 7.92. The summed E-state index contributed by atoms with van der Waals surface area (Å²) in [6, 6.07) is 17.4. The van der Waals surface area contributed by atoms with Crippen molar-refractivity contribution < 1.29 is 18.0 Å². The van der Waals surface area contributed by atoms with E-state index in [-0.39, 0.29) is 17.3 Å². The van der Waals surface area contributed by atoms with Gasteiger partial charge in [-0.1, -0.05) is 71.6 Å². The molecule has 3 aromatic carbocycles. The monoisotopic (exact) mass is 575 g/mol. The van der Waals surface area contributed by atoms with Gasteiger partial charge < -0.3 is 10.2 Å². The Morgan fingerprint density at radius 1 is 0.895 bits per heavy atom. The van der Waals surface area contributed by atoms with Crippen molar-refractivity contribution in [3.8, 4) is 0 Å². The Morgan fingerprint density at radius 3 is 1.92 bits per heavy atom. The molecule has 0 radical (unpaired) electrons. The molecule has 0 aromatic heterocycles. The van der Waals surface area contributed by atoms with Gasteiger partial charge in [0.15, 0.2) is 0 Å². The van der Waals surface area contributed by atoms with E-state index < -0.39 is 28.5 Å². The first-order valence-corrected chi connectivity index (χ1v) is 14.3. The fraction of sp³-hybridized carbons (Fsp3) is 0.286. The maximum atomic E-state index is 13.9. The standard InChI is InChI=1S/C28H31Cl2N3O4S/c1-5-26(28(35)31-4)32(17-23-24(29)7-6-8-25(23)30)27(34)18-33(21-13-9-19(2)10-14-21)38(36,37)22-15-11-20(3)12-16-22/h6-16,26H,5,17-18H2,1-4H3,(H,31,35)/t26-/m0/s1. The lowest BCUT2D eigenvalue weighted by atomic mass is 10.1. The minimum absolute atomic E-state index is 0.0514. The molecule has 0 aliphatic rings. The SMILES string of the molecule is CC[C@@H](C(=O)NC)N(Cc1c(Cl)cccc1Cl)C(=O)CN(c1ccc(C)cc1)S(=O)(=O)c1ccc(C)cc1. The molecule has 1 N–H and O–H groups in total. The number of carbonyl (C=O) groups excluding carboxylic acids is 2. The molecular weight excluding hydrogens is 545 g/mol. The number of hydrogen-bond acceptors (Lipinski definition) is 4. The van der Waals surface area contributed by atoms with Crippen molar-refractivity contribution in [2.24, 2.45) is 0 Å². The molecule has 2 amide bonds. The number of sulfonamides is 1. The summed E-state index contributed by atoms with van der Waals surface area (Å²) in [5.74, 6) is -0.958. The third-order valence-electron chi connectivity index (χ3n) is 6.23. The first-order valence-electron chi connectivity index (χ1n) is 12.1. The summed E-state index contributed by atoms with van der Waals surface area (Å²) in [4.78, 5) is 28.1. The van der Waals surface area contributed by atoms with Crippen molar-refractivity contribution in [1.29, 1.82) is 0 Å². The Hall–Kier alpha value is -3.07. The molecule has 3 rings (SSSR count). The van der Waals surface area contributed by atoms with E-state index in [9.17, 15) is 18.0 Å². The number of rotatable bonds is 10. The first kappa shape index (κ1) is 29.5. The largest absolute Gasteiger partial charge is 0.357 e. The van der Waals surface area contributed by atoms with Gasteiger partial charge in [-0.2, -0.15) is 0 Å². The number of nitrogens with one attached hydrogen (secondary N) is 1. The average Bonchev–Trinajstić information content (AvgIpc) is 2.89. The lowest BCUT2D eigenvalue weighted by Crippen LogP contribution is -2.51. The smallest absolute Gasteiger partial charge is 0.264 e. The van der Waals surface area contributed by atoms with Crippen molar-refractivity contribution in [2.75, 3.05) is 17.9 Å². The van der Waals surface area contributed by atoms with E-state index in [1.807, 2.05) is 13.8 Å². The molecule has 0 saturated carbocycles. The Labute approximate surface area is 234 Å². The van der Waals surface area contributed by atoms with E-state index in [1.165, 1.54) is 24.1 Å². The molecular formula is C28H31Cl2N3O4S. The number of aryl methyl sites for hydroxylation is 2. The first-order chi connectivity index (χ1) is 18.0. The van der Waals surface area contributed by atoms with Crippen molar-refractivity contribution in [3.63, 3.8) is 0 Å². The van der Waals surface area contributed by atoms with Gasteiger partial charge in [-0.05, 0) is 56.7 Å². The van der Waals surface area contributed by atoms with Gasteiger partial charge in [0.2, 0.25) is 11.8 Å². The second-order valence-electron chi connectivity index (χ2n) is 8.92. The maximum absolute atomic E-state index is 13.9. The molecule has 3 aromatic rings. The Morgan fingerprint density at radius 2 is 1.42 bits per heavy atom. The van der Waals surface area contributed by atoms with Crippen LogP contribution in [-0.4, -0.2) is 44.8 Å². The van der Waals surface area contributed by atoms with Gasteiger partial charge in [0.05, 0.1) is 10.6 Å². The number of hydrogen-bond donors (Lipinski definition) is 1. The Bertz CT molecular complexity index is 1370. The van der Waals surface area contributed by atoms with E-state index in [1.54, 1.807) is 61.5 Å². The number of likely N-dealkylation sites (N-methyl/N-ethyl adjacent to an activating group) is 1. The van der Waals surface area contributed by atoms with E-state index in [4.69, 9.17) is 23.2 Å². The number of carbonyl (C=O) groups is 2. The topological polar surface area (TPSA) is 86.8 Å². The third-order valence-corrected chi connectivity index (χ3v) is 8.73. The summed E-state index contributed by atoms with van der Waals surface area (Å²) in [5, 5.41) is 3.26. The van der Waals surface area contributed by atoms with Crippen LogP contribution >= 0.6 is 23.2 Å².